The number of hydrogen-bond acceptors (Lipinski definition) is 4. The highest BCUT2D eigenvalue weighted by molar-refractivity contribution is 5.36. The zero-order chi connectivity index (χ0) is 12.3. The van der Waals surface area contributed by atoms with Gasteiger partial charge in [0.2, 0.25) is 5.95 Å². The quantitative estimate of drug-likeness (QED) is 0.646. The summed E-state index contributed by atoms with van der Waals surface area (Å²) in [5.41, 5.74) is 5.49. The SMILES string of the molecule is CCCCCCCCCNc1ccnc(N)n1. The Morgan fingerprint density at radius 1 is 1.12 bits per heavy atom. The number of hydrogen-bond donors (Lipinski definition) is 2. The van der Waals surface area contributed by atoms with Crippen molar-refractivity contribution in [2.75, 3.05) is 17.6 Å². The van der Waals surface area contributed by atoms with Gasteiger partial charge in [-0.1, -0.05) is 45.4 Å². The molecule has 0 aromatic carbocycles. The van der Waals surface area contributed by atoms with Crippen LogP contribution in [0, 0.1) is 0 Å². The van der Waals surface area contributed by atoms with Gasteiger partial charge >= 0.3 is 0 Å². The Morgan fingerprint density at radius 2 is 1.82 bits per heavy atom. The molecule has 0 spiro atoms. The Labute approximate surface area is 104 Å². The molecule has 1 heterocycles. The molecule has 1 aromatic rings. The lowest BCUT2D eigenvalue weighted by Crippen LogP contribution is -2.05. The Morgan fingerprint density at radius 3 is 2.53 bits per heavy atom. The smallest absolute Gasteiger partial charge is 0.221 e. The molecule has 0 aliphatic rings. The predicted molar refractivity (Wildman–Crippen MR) is 72.9 cm³/mol. The van der Waals surface area contributed by atoms with Crippen LogP contribution in [-0.2, 0) is 0 Å². The van der Waals surface area contributed by atoms with E-state index in [-0.39, 0.29) is 0 Å². The molecule has 1 rings (SSSR count). The highest BCUT2D eigenvalue weighted by Crippen LogP contribution is 2.08. The summed E-state index contributed by atoms with van der Waals surface area (Å²) >= 11 is 0. The van der Waals surface area contributed by atoms with Crippen LogP contribution in [0.1, 0.15) is 51.9 Å². The normalized spacial score (nSPS) is 10.4. The van der Waals surface area contributed by atoms with Crippen molar-refractivity contribution < 1.29 is 0 Å². The molecule has 0 fully saturated rings. The van der Waals surface area contributed by atoms with Crippen molar-refractivity contribution in [3.05, 3.63) is 12.3 Å². The number of anilines is 2. The Bertz CT molecular complexity index is 301. The molecule has 0 saturated carbocycles. The molecule has 96 valence electrons. The van der Waals surface area contributed by atoms with Crippen LogP contribution in [0.5, 0.6) is 0 Å². The molecule has 0 bridgehead atoms. The van der Waals surface area contributed by atoms with Gasteiger partial charge in [0.05, 0.1) is 0 Å². The van der Waals surface area contributed by atoms with Gasteiger partial charge < -0.3 is 11.1 Å². The Kier molecular flexibility index (Phi) is 7.11. The topological polar surface area (TPSA) is 63.8 Å². The van der Waals surface area contributed by atoms with Gasteiger partial charge in [0.25, 0.3) is 0 Å². The Hall–Kier alpha value is -1.32. The summed E-state index contributed by atoms with van der Waals surface area (Å²) in [6.07, 6.45) is 10.9. The van der Waals surface area contributed by atoms with Crippen molar-refractivity contribution in [3.63, 3.8) is 0 Å². The van der Waals surface area contributed by atoms with Gasteiger partial charge in [-0.25, -0.2) is 4.98 Å². The summed E-state index contributed by atoms with van der Waals surface area (Å²) in [4.78, 5) is 7.94. The molecule has 4 nitrogen and oxygen atoms in total. The average molecular weight is 236 g/mol. The third-order valence-corrected chi connectivity index (χ3v) is 2.76. The number of nitrogen functional groups attached to an aromatic ring is 1. The average Bonchev–Trinajstić information content (AvgIpc) is 2.33. The van der Waals surface area contributed by atoms with E-state index in [2.05, 4.69) is 22.2 Å². The third-order valence-electron chi connectivity index (χ3n) is 2.76. The third kappa shape index (κ3) is 6.76. The molecule has 4 heteroatoms. The molecular weight excluding hydrogens is 212 g/mol. The fourth-order valence-corrected chi connectivity index (χ4v) is 1.77. The zero-order valence-corrected chi connectivity index (χ0v) is 10.8. The molecule has 1 aromatic heterocycles. The van der Waals surface area contributed by atoms with Gasteiger partial charge in [0, 0.05) is 12.7 Å². The minimum Gasteiger partial charge on any atom is -0.370 e. The monoisotopic (exact) mass is 236 g/mol. The number of nitrogens with one attached hydrogen (secondary N) is 1. The maximum atomic E-state index is 5.49. The van der Waals surface area contributed by atoms with Crippen molar-refractivity contribution in [1.82, 2.24) is 9.97 Å². The van der Waals surface area contributed by atoms with Crippen LogP contribution in [0.2, 0.25) is 0 Å². The van der Waals surface area contributed by atoms with Gasteiger partial charge in [0.1, 0.15) is 5.82 Å². The van der Waals surface area contributed by atoms with Gasteiger partial charge in [-0.15, -0.1) is 0 Å². The second-order valence-corrected chi connectivity index (χ2v) is 4.35. The molecule has 0 radical (unpaired) electrons. The first-order valence-electron chi connectivity index (χ1n) is 6.65. The van der Waals surface area contributed by atoms with Crippen molar-refractivity contribution in [2.24, 2.45) is 0 Å². The van der Waals surface area contributed by atoms with E-state index < -0.39 is 0 Å². The lowest BCUT2D eigenvalue weighted by molar-refractivity contribution is 0.596. The Balaban J connectivity index is 1.97. The fourth-order valence-electron chi connectivity index (χ4n) is 1.77. The van der Waals surface area contributed by atoms with E-state index in [0.29, 0.717) is 5.95 Å². The van der Waals surface area contributed by atoms with Gasteiger partial charge in [-0.2, -0.15) is 4.98 Å². The molecule has 0 aliphatic heterocycles. The molecule has 0 saturated heterocycles. The number of nitrogens with zero attached hydrogens (tertiary/aromatic N) is 2. The van der Waals surface area contributed by atoms with Crippen LogP contribution in [0.15, 0.2) is 12.3 Å². The summed E-state index contributed by atoms with van der Waals surface area (Å²) in [5, 5.41) is 3.26. The summed E-state index contributed by atoms with van der Waals surface area (Å²) in [5.74, 6) is 1.15. The molecule has 17 heavy (non-hydrogen) atoms. The van der Waals surface area contributed by atoms with Crippen LogP contribution in [0.25, 0.3) is 0 Å². The number of unbranched alkanes of at least 4 members (excludes halogenated alkanes) is 6. The number of rotatable bonds is 9. The van der Waals surface area contributed by atoms with Crippen molar-refractivity contribution in [3.8, 4) is 0 Å². The van der Waals surface area contributed by atoms with Crippen molar-refractivity contribution >= 4 is 11.8 Å². The molecule has 0 unspecified atom stereocenters. The summed E-state index contributed by atoms with van der Waals surface area (Å²) in [6, 6.07) is 1.84. The highest BCUT2D eigenvalue weighted by Gasteiger charge is 1.95. The summed E-state index contributed by atoms with van der Waals surface area (Å²) in [6.45, 7) is 3.21. The number of aromatic nitrogens is 2. The summed E-state index contributed by atoms with van der Waals surface area (Å²) in [7, 11) is 0. The second kappa shape index (κ2) is 8.79. The minimum atomic E-state index is 0.328. The van der Waals surface area contributed by atoms with Crippen LogP contribution >= 0.6 is 0 Å². The number of nitrogens with two attached hydrogens (primary N) is 1. The van der Waals surface area contributed by atoms with E-state index in [1.165, 1.54) is 44.9 Å². The molecule has 0 amide bonds. The molecule has 0 atom stereocenters. The van der Waals surface area contributed by atoms with E-state index in [1.807, 2.05) is 6.07 Å². The largest absolute Gasteiger partial charge is 0.370 e. The van der Waals surface area contributed by atoms with E-state index in [9.17, 15) is 0 Å². The molecule has 3 N–H and O–H groups in total. The van der Waals surface area contributed by atoms with Crippen LogP contribution in [0.4, 0.5) is 11.8 Å². The first kappa shape index (κ1) is 13.7. The van der Waals surface area contributed by atoms with E-state index in [1.54, 1.807) is 6.20 Å². The lowest BCUT2D eigenvalue weighted by Gasteiger charge is -2.05. The van der Waals surface area contributed by atoms with Crippen LogP contribution < -0.4 is 11.1 Å². The van der Waals surface area contributed by atoms with E-state index in [4.69, 9.17) is 5.73 Å². The first-order chi connectivity index (χ1) is 8.33. The van der Waals surface area contributed by atoms with Crippen LogP contribution in [-0.4, -0.2) is 16.5 Å². The predicted octanol–water partition coefficient (Wildman–Crippen LogP) is 3.22. The van der Waals surface area contributed by atoms with Gasteiger partial charge in [0.15, 0.2) is 0 Å². The van der Waals surface area contributed by atoms with E-state index >= 15 is 0 Å². The standard InChI is InChI=1S/C13H24N4/c1-2-3-4-5-6-7-8-10-15-12-9-11-16-13(14)17-12/h9,11H,2-8,10H2,1H3,(H3,14,15,16,17). The minimum absolute atomic E-state index is 0.328. The first-order valence-corrected chi connectivity index (χ1v) is 6.65. The molecule has 0 aliphatic carbocycles. The lowest BCUT2D eigenvalue weighted by atomic mass is 10.1. The maximum Gasteiger partial charge on any atom is 0.221 e. The highest BCUT2D eigenvalue weighted by atomic mass is 15.1. The van der Waals surface area contributed by atoms with E-state index in [0.717, 1.165) is 12.4 Å². The van der Waals surface area contributed by atoms with Gasteiger partial charge in [-0.3, -0.25) is 0 Å². The second-order valence-electron chi connectivity index (χ2n) is 4.35. The summed E-state index contributed by atoms with van der Waals surface area (Å²) < 4.78 is 0. The maximum absolute atomic E-state index is 5.49. The van der Waals surface area contributed by atoms with Crippen molar-refractivity contribution in [2.45, 2.75) is 51.9 Å². The van der Waals surface area contributed by atoms with Crippen LogP contribution in [0.3, 0.4) is 0 Å². The zero-order valence-electron chi connectivity index (χ0n) is 10.8. The van der Waals surface area contributed by atoms with Gasteiger partial charge in [-0.05, 0) is 12.5 Å². The molecular formula is C13H24N4. The fraction of sp³-hybridized carbons (Fsp3) is 0.692. The van der Waals surface area contributed by atoms with Crippen molar-refractivity contribution in [1.29, 1.82) is 0 Å².